The average molecular weight is 253 g/mol. The van der Waals surface area contributed by atoms with Crippen molar-refractivity contribution in [3.8, 4) is 0 Å². The second-order valence-electron chi connectivity index (χ2n) is 6.81. The fourth-order valence-electron chi connectivity index (χ4n) is 3.70. The van der Waals surface area contributed by atoms with Crippen LogP contribution in [0.2, 0.25) is 0 Å². The lowest BCUT2D eigenvalue weighted by Crippen LogP contribution is -2.44. The molecule has 0 aliphatic heterocycles. The van der Waals surface area contributed by atoms with Crippen molar-refractivity contribution in [1.82, 2.24) is 0 Å². The van der Waals surface area contributed by atoms with Gasteiger partial charge in [-0.2, -0.15) is 0 Å². The Morgan fingerprint density at radius 2 is 1.67 bits per heavy atom. The highest BCUT2D eigenvalue weighted by Crippen LogP contribution is 2.37. The molecule has 18 heavy (non-hydrogen) atoms. The lowest BCUT2D eigenvalue weighted by Gasteiger charge is -2.40. The minimum Gasteiger partial charge on any atom is -0.370 e. The van der Waals surface area contributed by atoms with E-state index in [4.69, 9.17) is 10.5 Å². The maximum atomic E-state index is 6.54. The molecule has 3 atom stereocenters. The minimum atomic E-state index is 0.0153. The van der Waals surface area contributed by atoms with Gasteiger partial charge in [0.25, 0.3) is 0 Å². The number of hydrogen-bond donors (Lipinski definition) is 1. The standard InChI is InChI=1S/C16H31NO/c1-13-7-8-15(11-14(13)2)18-16(12-17)9-5-3-4-6-10-16/h13-15H,3-12,17H2,1-2H3. The van der Waals surface area contributed by atoms with Gasteiger partial charge in [0.05, 0.1) is 11.7 Å². The number of ether oxygens (including phenoxy) is 1. The van der Waals surface area contributed by atoms with Gasteiger partial charge in [-0.1, -0.05) is 39.5 Å². The van der Waals surface area contributed by atoms with Crippen LogP contribution in [-0.4, -0.2) is 18.2 Å². The maximum absolute atomic E-state index is 6.54. The smallest absolute Gasteiger partial charge is 0.0807 e. The Morgan fingerprint density at radius 1 is 1.00 bits per heavy atom. The van der Waals surface area contributed by atoms with E-state index in [2.05, 4.69) is 13.8 Å². The van der Waals surface area contributed by atoms with Gasteiger partial charge in [-0.05, 0) is 43.9 Å². The van der Waals surface area contributed by atoms with Crippen LogP contribution in [0.1, 0.15) is 71.6 Å². The molecule has 3 unspecified atom stereocenters. The monoisotopic (exact) mass is 253 g/mol. The predicted molar refractivity (Wildman–Crippen MR) is 76.5 cm³/mol. The van der Waals surface area contributed by atoms with Crippen molar-refractivity contribution in [2.24, 2.45) is 17.6 Å². The molecule has 2 saturated carbocycles. The molecule has 0 heterocycles. The fourth-order valence-corrected chi connectivity index (χ4v) is 3.70. The third-order valence-electron chi connectivity index (χ3n) is 5.35. The Labute approximate surface area is 113 Å². The van der Waals surface area contributed by atoms with Gasteiger partial charge in [-0.3, -0.25) is 0 Å². The fraction of sp³-hybridized carbons (Fsp3) is 1.00. The zero-order valence-electron chi connectivity index (χ0n) is 12.3. The van der Waals surface area contributed by atoms with E-state index in [9.17, 15) is 0 Å². The van der Waals surface area contributed by atoms with Gasteiger partial charge in [0.1, 0.15) is 0 Å². The molecule has 2 aliphatic rings. The van der Waals surface area contributed by atoms with E-state index >= 15 is 0 Å². The lowest BCUT2D eigenvalue weighted by molar-refractivity contribution is -0.118. The molecule has 2 aliphatic carbocycles. The molecule has 0 aromatic heterocycles. The topological polar surface area (TPSA) is 35.2 Å². The summed E-state index contributed by atoms with van der Waals surface area (Å²) in [7, 11) is 0. The van der Waals surface area contributed by atoms with E-state index in [1.54, 1.807) is 0 Å². The van der Waals surface area contributed by atoms with Gasteiger partial charge in [-0.25, -0.2) is 0 Å². The zero-order chi connectivity index (χ0) is 13.0. The third-order valence-corrected chi connectivity index (χ3v) is 5.35. The highest BCUT2D eigenvalue weighted by Gasteiger charge is 2.35. The molecule has 0 aromatic rings. The van der Waals surface area contributed by atoms with Crippen molar-refractivity contribution in [3.63, 3.8) is 0 Å². The minimum absolute atomic E-state index is 0.0153. The van der Waals surface area contributed by atoms with Crippen LogP contribution in [0.25, 0.3) is 0 Å². The molecule has 0 saturated heterocycles. The summed E-state index contributed by atoms with van der Waals surface area (Å²) in [5.41, 5.74) is 6.08. The van der Waals surface area contributed by atoms with E-state index in [1.807, 2.05) is 0 Å². The summed E-state index contributed by atoms with van der Waals surface area (Å²) in [6.07, 6.45) is 12.0. The van der Waals surface area contributed by atoms with E-state index in [0.29, 0.717) is 12.6 Å². The summed E-state index contributed by atoms with van der Waals surface area (Å²) in [6, 6.07) is 0. The van der Waals surface area contributed by atoms with E-state index in [1.165, 1.54) is 57.8 Å². The molecule has 2 fully saturated rings. The summed E-state index contributed by atoms with van der Waals surface area (Å²) in [6.45, 7) is 5.47. The summed E-state index contributed by atoms with van der Waals surface area (Å²) in [5.74, 6) is 1.68. The Balaban J connectivity index is 1.92. The van der Waals surface area contributed by atoms with Crippen LogP contribution in [0.4, 0.5) is 0 Å². The van der Waals surface area contributed by atoms with Crippen LogP contribution in [0.5, 0.6) is 0 Å². The normalized spacial score (nSPS) is 37.2. The quantitative estimate of drug-likeness (QED) is 0.775. The van der Waals surface area contributed by atoms with Crippen molar-refractivity contribution >= 4 is 0 Å². The van der Waals surface area contributed by atoms with E-state index in [0.717, 1.165) is 11.8 Å². The Kier molecular flexibility index (Phi) is 5.08. The molecule has 2 rings (SSSR count). The van der Waals surface area contributed by atoms with Crippen LogP contribution in [-0.2, 0) is 4.74 Å². The van der Waals surface area contributed by atoms with Gasteiger partial charge in [-0.15, -0.1) is 0 Å². The molecular weight excluding hydrogens is 222 g/mol. The van der Waals surface area contributed by atoms with Crippen molar-refractivity contribution in [2.45, 2.75) is 83.3 Å². The molecule has 106 valence electrons. The molecule has 0 amide bonds. The van der Waals surface area contributed by atoms with Crippen LogP contribution in [0.3, 0.4) is 0 Å². The van der Waals surface area contributed by atoms with Crippen molar-refractivity contribution in [3.05, 3.63) is 0 Å². The van der Waals surface area contributed by atoms with Gasteiger partial charge in [0.15, 0.2) is 0 Å². The Hall–Kier alpha value is -0.0800. The summed E-state index contributed by atoms with van der Waals surface area (Å²) in [4.78, 5) is 0. The van der Waals surface area contributed by atoms with Crippen LogP contribution in [0.15, 0.2) is 0 Å². The predicted octanol–water partition coefficient (Wildman–Crippen LogP) is 3.88. The van der Waals surface area contributed by atoms with Gasteiger partial charge < -0.3 is 10.5 Å². The summed E-state index contributed by atoms with van der Waals surface area (Å²) < 4.78 is 6.54. The number of hydrogen-bond acceptors (Lipinski definition) is 2. The van der Waals surface area contributed by atoms with Crippen molar-refractivity contribution in [2.75, 3.05) is 6.54 Å². The molecule has 0 spiro atoms. The van der Waals surface area contributed by atoms with Crippen LogP contribution >= 0.6 is 0 Å². The largest absolute Gasteiger partial charge is 0.370 e. The van der Waals surface area contributed by atoms with Crippen LogP contribution in [0, 0.1) is 11.8 Å². The van der Waals surface area contributed by atoms with Gasteiger partial charge in [0, 0.05) is 6.54 Å². The average Bonchev–Trinajstić information content (AvgIpc) is 2.60. The van der Waals surface area contributed by atoms with Gasteiger partial charge in [0.2, 0.25) is 0 Å². The summed E-state index contributed by atoms with van der Waals surface area (Å²) in [5, 5.41) is 0. The summed E-state index contributed by atoms with van der Waals surface area (Å²) >= 11 is 0. The second-order valence-corrected chi connectivity index (χ2v) is 6.81. The number of nitrogens with two attached hydrogens (primary N) is 1. The third kappa shape index (κ3) is 3.48. The number of rotatable bonds is 3. The first-order chi connectivity index (χ1) is 8.65. The lowest BCUT2D eigenvalue weighted by atomic mass is 9.80. The molecule has 0 radical (unpaired) electrons. The second kappa shape index (κ2) is 6.38. The van der Waals surface area contributed by atoms with Crippen molar-refractivity contribution in [1.29, 1.82) is 0 Å². The molecule has 2 nitrogen and oxygen atoms in total. The first-order valence-electron chi connectivity index (χ1n) is 8.03. The van der Waals surface area contributed by atoms with E-state index < -0.39 is 0 Å². The molecule has 0 bridgehead atoms. The highest BCUT2D eigenvalue weighted by atomic mass is 16.5. The van der Waals surface area contributed by atoms with Crippen molar-refractivity contribution < 1.29 is 4.74 Å². The van der Waals surface area contributed by atoms with Gasteiger partial charge >= 0.3 is 0 Å². The molecular formula is C16H31NO. The molecule has 2 heteroatoms. The first kappa shape index (κ1) is 14.3. The Morgan fingerprint density at radius 3 is 2.22 bits per heavy atom. The molecule has 0 aromatic carbocycles. The zero-order valence-corrected chi connectivity index (χ0v) is 12.3. The molecule has 2 N–H and O–H groups in total. The van der Waals surface area contributed by atoms with E-state index in [-0.39, 0.29) is 5.60 Å². The SMILES string of the molecule is CC1CCC(OC2(CN)CCCCCC2)CC1C. The van der Waals surface area contributed by atoms with Crippen LogP contribution < -0.4 is 5.73 Å². The maximum Gasteiger partial charge on any atom is 0.0807 e. The first-order valence-corrected chi connectivity index (χ1v) is 8.03. The highest BCUT2D eigenvalue weighted by molar-refractivity contribution is 4.87. The Bertz CT molecular complexity index is 245.